The van der Waals surface area contributed by atoms with E-state index < -0.39 is 0 Å². The second-order valence-electron chi connectivity index (χ2n) is 4.35. The highest BCUT2D eigenvalue weighted by Gasteiger charge is 2.13. The van der Waals surface area contributed by atoms with E-state index >= 15 is 0 Å². The van der Waals surface area contributed by atoms with Crippen molar-refractivity contribution < 1.29 is 4.79 Å². The number of rotatable bonds is 4. The van der Waals surface area contributed by atoms with Gasteiger partial charge in [0, 0.05) is 31.5 Å². The van der Waals surface area contributed by atoms with Crippen LogP contribution in [0.15, 0.2) is 36.7 Å². The van der Waals surface area contributed by atoms with Crippen molar-refractivity contribution in [3.63, 3.8) is 0 Å². The van der Waals surface area contributed by atoms with Crippen molar-refractivity contribution in [2.45, 2.75) is 26.4 Å². The van der Waals surface area contributed by atoms with Gasteiger partial charge >= 0.3 is 0 Å². The van der Waals surface area contributed by atoms with Gasteiger partial charge in [0.05, 0.1) is 6.04 Å². The number of aryl methyl sites for hydroxylation is 1. The molecular weight excluding hydrogens is 240 g/mol. The molecule has 1 aromatic heterocycles. The first-order valence-electron chi connectivity index (χ1n) is 6.26. The lowest BCUT2D eigenvalue weighted by Crippen LogP contribution is -2.17. The van der Waals surface area contributed by atoms with E-state index in [1.54, 1.807) is 6.20 Å². The Morgan fingerprint density at radius 3 is 2.68 bits per heavy atom. The summed E-state index contributed by atoms with van der Waals surface area (Å²) in [4.78, 5) is 15.3. The summed E-state index contributed by atoms with van der Waals surface area (Å²) in [5.41, 5.74) is 7.95. The van der Waals surface area contributed by atoms with Gasteiger partial charge in [-0.05, 0) is 24.6 Å². The molecule has 2 rings (SSSR count). The van der Waals surface area contributed by atoms with Gasteiger partial charge in [0.15, 0.2) is 0 Å². The van der Waals surface area contributed by atoms with Gasteiger partial charge in [0.25, 0.3) is 0 Å². The Balaban J connectivity index is 2.20. The molecule has 0 fully saturated rings. The van der Waals surface area contributed by atoms with Crippen molar-refractivity contribution in [1.29, 1.82) is 0 Å². The number of anilines is 1. The lowest BCUT2D eigenvalue weighted by Gasteiger charge is -2.14. The summed E-state index contributed by atoms with van der Waals surface area (Å²) < 4.78 is 2.02. The quantitative estimate of drug-likeness (QED) is 0.879. The zero-order valence-electron chi connectivity index (χ0n) is 11.1. The maximum Gasteiger partial charge on any atom is 0.221 e. The molecule has 3 N–H and O–H groups in total. The van der Waals surface area contributed by atoms with Crippen LogP contribution in [0.2, 0.25) is 0 Å². The molecule has 0 saturated carbocycles. The van der Waals surface area contributed by atoms with Crippen LogP contribution in [0.1, 0.15) is 31.3 Å². The van der Waals surface area contributed by atoms with Crippen molar-refractivity contribution in [2.24, 2.45) is 5.73 Å². The zero-order chi connectivity index (χ0) is 13.8. The van der Waals surface area contributed by atoms with Gasteiger partial charge in [-0.3, -0.25) is 4.79 Å². The molecule has 1 heterocycles. The van der Waals surface area contributed by atoms with Crippen molar-refractivity contribution in [3.8, 4) is 0 Å². The Morgan fingerprint density at radius 2 is 2.11 bits per heavy atom. The van der Waals surface area contributed by atoms with Crippen LogP contribution in [0.4, 0.5) is 5.69 Å². The molecule has 0 saturated heterocycles. The third-order valence-electron chi connectivity index (χ3n) is 2.96. The van der Waals surface area contributed by atoms with E-state index in [9.17, 15) is 4.79 Å². The fourth-order valence-electron chi connectivity index (χ4n) is 1.99. The van der Waals surface area contributed by atoms with Crippen LogP contribution >= 0.6 is 0 Å². The molecule has 19 heavy (non-hydrogen) atoms. The SMILES string of the molecule is CCn1ccnc1C(N)c1ccc(NC(C)=O)cc1. The Bertz CT molecular complexity index is 559. The first kappa shape index (κ1) is 13.3. The summed E-state index contributed by atoms with van der Waals surface area (Å²) in [5.74, 6) is 0.758. The first-order chi connectivity index (χ1) is 9.11. The third kappa shape index (κ3) is 3.00. The number of amides is 1. The van der Waals surface area contributed by atoms with Crippen molar-refractivity contribution in [3.05, 3.63) is 48.0 Å². The molecule has 0 radical (unpaired) electrons. The molecule has 5 nitrogen and oxygen atoms in total. The summed E-state index contributed by atoms with van der Waals surface area (Å²) in [5, 5.41) is 2.73. The van der Waals surface area contributed by atoms with Crippen LogP contribution in [-0.2, 0) is 11.3 Å². The molecule has 5 heteroatoms. The van der Waals surface area contributed by atoms with E-state index in [-0.39, 0.29) is 11.9 Å². The van der Waals surface area contributed by atoms with Gasteiger partial charge in [-0.2, -0.15) is 0 Å². The van der Waals surface area contributed by atoms with Gasteiger partial charge in [-0.15, -0.1) is 0 Å². The molecular formula is C14H18N4O. The highest BCUT2D eigenvalue weighted by Crippen LogP contribution is 2.20. The van der Waals surface area contributed by atoms with Gasteiger partial charge in [-0.1, -0.05) is 12.1 Å². The minimum absolute atomic E-state index is 0.0847. The van der Waals surface area contributed by atoms with Crippen molar-refractivity contribution in [2.75, 3.05) is 5.32 Å². The number of benzene rings is 1. The average Bonchev–Trinajstić information content (AvgIpc) is 2.86. The maximum atomic E-state index is 11.0. The van der Waals surface area contributed by atoms with Crippen LogP contribution in [0.25, 0.3) is 0 Å². The lowest BCUT2D eigenvalue weighted by molar-refractivity contribution is -0.114. The molecule has 1 amide bonds. The van der Waals surface area contributed by atoms with E-state index in [1.807, 2.05) is 35.0 Å². The highest BCUT2D eigenvalue weighted by atomic mass is 16.1. The van der Waals surface area contributed by atoms with Crippen LogP contribution in [0.5, 0.6) is 0 Å². The van der Waals surface area contributed by atoms with Crippen LogP contribution in [-0.4, -0.2) is 15.5 Å². The fourth-order valence-corrected chi connectivity index (χ4v) is 1.99. The molecule has 0 aliphatic carbocycles. The molecule has 1 atom stereocenters. The molecule has 0 bridgehead atoms. The van der Waals surface area contributed by atoms with E-state index in [0.717, 1.165) is 23.6 Å². The highest BCUT2D eigenvalue weighted by molar-refractivity contribution is 5.88. The molecule has 100 valence electrons. The van der Waals surface area contributed by atoms with Gasteiger partial charge < -0.3 is 15.6 Å². The standard InChI is InChI=1S/C14H18N4O/c1-3-18-9-8-16-14(18)13(15)11-4-6-12(7-5-11)17-10(2)19/h4-9,13H,3,15H2,1-2H3,(H,17,19). The van der Waals surface area contributed by atoms with Crippen LogP contribution in [0, 0.1) is 0 Å². The second kappa shape index (κ2) is 5.67. The first-order valence-corrected chi connectivity index (χ1v) is 6.26. The predicted octanol–water partition coefficient (Wildman–Crippen LogP) is 1.91. The smallest absolute Gasteiger partial charge is 0.221 e. The number of hydrogen-bond acceptors (Lipinski definition) is 3. The Morgan fingerprint density at radius 1 is 1.42 bits per heavy atom. The van der Waals surface area contributed by atoms with E-state index in [2.05, 4.69) is 17.2 Å². The van der Waals surface area contributed by atoms with E-state index in [1.165, 1.54) is 6.92 Å². The van der Waals surface area contributed by atoms with Gasteiger partial charge in [0.1, 0.15) is 5.82 Å². The van der Waals surface area contributed by atoms with E-state index in [4.69, 9.17) is 5.73 Å². The fraction of sp³-hybridized carbons (Fsp3) is 0.286. The number of carbonyl (C=O) groups is 1. The summed E-state index contributed by atoms with van der Waals surface area (Å²) in [6, 6.07) is 7.24. The minimum Gasteiger partial charge on any atom is -0.334 e. The summed E-state index contributed by atoms with van der Waals surface area (Å²) in [7, 11) is 0. The van der Waals surface area contributed by atoms with Crippen molar-refractivity contribution >= 4 is 11.6 Å². The van der Waals surface area contributed by atoms with Crippen LogP contribution < -0.4 is 11.1 Å². The summed E-state index contributed by atoms with van der Waals surface area (Å²) >= 11 is 0. The molecule has 0 aliphatic rings. The monoisotopic (exact) mass is 258 g/mol. The Labute approximate surface area is 112 Å². The topological polar surface area (TPSA) is 72.9 Å². The van der Waals surface area contributed by atoms with Crippen LogP contribution in [0.3, 0.4) is 0 Å². The maximum absolute atomic E-state index is 11.0. The third-order valence-corrected chi connectivity index (χ3v) is 2.96. The number of hydrogen-bond donors (Lipinski definition) is 2. The Hall–Kier alpha value is -2.14. The van der Waals surface area contributed by atoms with E-state index in [0.29, 0.717) is 0 Å². The number of nitrogens with one attached hydrogen (secondary N) is 1. The molecule has 0 aliphatic heterocycles. The average molecular weight is 258 g/mol. The molecule has 0 spiro atoms. The summed E-state index contributed by atoms with van der Waals surface area (Å²) in [6.07, 6.45) is 3.67. The van der Waals surface area contributed by atoms with Crippen molar-refractivity contribution in [1.82, 2.24) is 9.55 Å². The number of nitrogens with two attached hydrogens (primary N) is 1. The normalized spacial score (nSPS) is 12.2. The Kier molecular flexibility index (Phi) is 3.97. The predicted molar refractivity (Wildman–Crippen MR) is 74.7 cm³/mol. The number of imidazole rings is 1. The molecule has 1 unspecified atom stereocenters. The zero-order valence-corrected chi connectivity index (χ0v) is 11.1. The molecule has 1 aromatic carbocycles. The summed E-state index contributed by atoms with van der Waals surface area (Å²) in [6.45, 7) is 4.38. The van der Waals surface area contributed by atoms with Gasteiger partial charge in [-0.25, -0.2) is 4.98 Å². The number of nitrogens with zero attached hydrogens (tertiary/aromatic N) is 2. The molecule has 2 aromatic rings. The number of carbonyl (C=O) groups excluding carboxylic acids is 1. The lowest BCUT2D eigenvalue weighted by atomic mass is 10.1. The largest absolute Gasteiger partial charge is 0.334 e. The van der Waals surface area contributed by atoms with Gasteiger partial charge in [0.2, 0.25) is 5.91 Å². The second-order valence-corrected chi connectivity index (χ2v) is 4.35. The minimum atomic E-state index is -0.263. The number of aromatic nitrogens is 2.